The van der Waals surface area contributed by atoms with Gasteiger partial charge in [0.25, 0.3) is 0 Å². The summed E-state index contributed by atoms with van der Waals surface area (Å²) < 4.78 is 5.11. The third kappa shape index (κ3) is 4.39. The lowest BCUT2D eigenvalue weighted by molar-refractivity contribution is 0.0842. The summed E-state index contributed by atoms with van der Waals surface area (Å²) >= 11 is 7.49. The first kappa shape index (κ1) is 24.8. The number of methoxy groups -OCH3 is 1. The number of carbonyl (C=O) groups excluding carboxylic acids is 1. The maximum atomic E-state index is 13.0. The summed E-state index contributed by atoms with van der Waals surface area (Å²) in [6.45, 7) is 1.28. The number of pyridine rings is 1. The molecule has 2 aromatic heterocycles. The number of ketones is 1. The van der Waals surface area contributed by atoms with E-state index < -0.39 is 0 Å². The van der Waals surface area contributed by atoms with E-state index in [2.05, 4.69) is 38.1 Å². The number of nitrogens with zero attached hydrogens (tertiary/aromatic N) is 4. The van der Waals surface area contributed by atoms with Gasteiger partial charge in [-0.15, -0.1) is 0 Å². The fraction of sp³-hybridized carbons (Fsp3) is 0.360. The molecule has 0 amide bonds. The molecule has 1 spiro atoms. The molecule has 11 heteroatoms. The largest absolute Gasteiger partial charge is 0.382 e. The zero-order valence-electron chi connectivity index (χ0n) is 19.9. The van der Waals surface area contributed by atoms with Crippen LogP contribution in [0.1, 0.15) is 40.5 Å². The fourth-order valence-electron chi connectivity index (χ4n) is 5.20. The number of ether oxygens (including phenoxy) is 1. The first-order chi connectivity index (χ1) is 17.3. The maximum absolute atomic E-state index is 13.0. The Morgan fingerprint density at radius 2 is 1.94 bits per heavy atom. The van der Waals surface area contributed by atoms with E-state index in [0.29, 0.717) is 33.9 Å². The van der Waals surface area contributed by atoms with Crippen LogP contribution in [-0.2, 0) is 11.2 Å². The highest BCUT2D eigenvalue weighted by Gasteiger charge is 2.46. The number of benzene rings is 1. The van der Waals surface area contributed by atoms with Gasteiger partial charge in [0.2, 0.25) is 5.78 Å². The number of aromatic nitrogens is 3. The molecule has 3 heterocycles. The molecule has 6 N–H and O–H groups in total. The SMILES string of the molecule is COCC(=O)c1nc(Sc2ccnc(N)c2Cl)c(N)nc1N1CCC2(CC1)Cc1ccccc1[C@H]2N. The summed E-state index contributed by atoms with van der Waals surface area (Å²) in [5.41, 5.74) is 21.7. The van der Waals surface area contributed by atoms with Crippen molar-refractivity contribution in [2.24, 2.45) is 11.1 Å². The van der Waals surface area contributed by atoms with E-state index in [1.165, 1.54) is 30.0 Å². The van der Waals surface area contributed by atoms with Gasteiger partial charge in [-0.1, -0.05) is 47.6 Å². The van der Waals surface area contributed by atoms with Crippen LogP contribution in [0, 0.1) is 5.41 Å². The second kappa shape index (κ2) is 9.85. The topological polar surface area (TPSA) is 146 Å². The Hall–Kier alpha value is -2.92. The second-order valence-electron chi connectivity index (χ2n) is 9.26. The number of piperidine rings is 1. The molecule has 1 aromatic carbocycles. The van der Waals surface area contributed by atoms with Crippen molar-refractivity contribution in [2.75, 3.05) is 43.2 Å². The van der Waals surface area contributed by atoms with Crippen molar-refractivity contribution in [3.05, 3.63) is 58.4 Å². The van der Waals surface area contributed by atoms with E-state index >= 15 is 0 Å². The van der Waals surface area contributed by atoms with Crippen molar-refractivity contribution in [1.29, 1.82) is 0 Å². The molecule has 0 bridgehead atoms. The number of fused-ring (bicyclic) bond motifs is 1. The highest BCUT2D eigenvalue weighted by atomic mass is 35.5. The summed E-state index contributed by atoms with van der Waals surface area (Å²) in [6.07, 6.45) is 4.27. The Kier molecular flexibility index (Phi) is 6.78. The quantitative estimate of drug-likeness (QED) is 0.408. The number of nitrogens with two attached hydrogens (primary N) is 3. The summed E-state index contributed by atoms with van der Waals surface area (Å²) in [7, 11) is 1.47. The highest BCUT2D eigenvalue weighted by molar-refractivity contribution is 7.99. The molecule has 0 radical (unpaired) electrons. The maximum Gasteiger partial charge on any atom is 0.210 e. The van der Waals surface area contributed by atoms with Gasteiger partial charge in [0.15, 0.2) is 17.3 Å². The van der Waals surface area contributed by atoms with Crippen LogP contribution < -0.4 is 22.1 Å². The van der Waals surface area contributed by atoms with E-state index in [4.69, 9.17) is 33.5 Å². The molecule has 1 fully saturated rings. The van der Waals surface area contributed by atoms with Crippen molar-refractivity contribution in [3.8, 4) is 0 Å². The number of hydrogen-bond donors (Lipinski definition) is 3. The Balaban J connectivity index is 1.43. The average Bonchev–Trinajstić information content (AvgIpc) is 3.14. The summed E-state index contributed by atoms with van der Waals surface area (Å²) in [4.78, 5) is 29.0. The minimum absolute atomic E-state index is 0.00193. The third-order valence-electron chi connectivity index (χ3n) is 7.15. The van der Waals surface area contributed by atoms with E-state index in [1.54, 1.807) is 12.3 Å². The van der Waals surface area contributed by atoms with Gasteiger partial charge in [-0.25, -0.2) is 15.0 Å². The lowest BCUT2D eigenvalue weighted by Crippen LogP contribution is -2.45. The molecule has 0 saturated carbocycles. The number of anilines is 3. The third-order valence-corrected chi connectivity index (χ3v) is 8.71. The zero-order chi connectivity index (χ0) is 25.4. The van der Waals surface area contributed by atoms with E-state index in [9.17, 15) is 4.79 Å². The van der Waals surface area contributed by atoms with Crippen LogP contribution in [0.2, 0.25) is 5.02 Å². The van der Waals surface area contributed by atoms with Crippen molar-refractivity contribution < 1.29 is 9.53 Å². The molecular weight excluding hydrogens is 498 g/mol. The molecule has 1 aliphatic carbocycles. The van der Waals surface area contributed by atoms with Crippen LogP contribution in [-0.4, -0.2) is 47.5 Å². The molecule has 3 aromatic rings. The second-order valence-corrected chi connectivity index (χ2v) is 10.7. The van der Waals surface area contributed by atoms with Crippen LogP contribution in [0.15, 0.2) is 46.5 Å². The highest BCUT2D eigenvalue weighted by Crippen LogP contribution is 2.51. The van der Waals surface area contributed by atoms with Gasteiger partial charge in [-0.2, -0.15) is 0 Å². The number of Topliss-reactive ketones (excluding diaryl/α,β-unsaturated/α-hetero) is 1. The lowest BCUT2D eigenvalue weighted by atomic mass is 9.73. The van der Waals surface area contributed by atoms with Gasteiger partial charge in [0.1, 0.15) is 17.5 Å². The predicted molar refractivity (Wildman–Crippen MR) is 141 cm³/mol. The van der Waals surface area contributed by atoms with Gasteiger partial charge < -0.3 is 26.8 Å². The van der Waals surface area contributed by atoms with Crippen LogP contribution in [0.25, 0.3) is 0 Å². The van der Waals surface area contributed by atoms with Crippen molar-refractivity contribution in [1.82, 2.24) is 15.0 Å². The number of rotatable bonds is 6. The Morgan fingerprint density at radius 3 is 2.67 bits per heavy atom. The average molecular weight is 526 g/mol. The van der Waals surface area contributed by atoms with E-state index in [-0.39, 0.29) is 41.2 Å². The molecule has 36 heavy (non-hydrogen) atoms. The number of nitrogen functional groups attached to an aromatic ring is 2. The molecule has 1 atom stereocenters. The minimum Gasteiger partial charge on any atom is -0.382 e. The molecule has 9 nitrogen and oxygen atoms in total. The normalized spacial score (nSPS) is 18.4. The smallest absolute Gasteiger partial charge is 0.210 e. The predicted octanol–water partition coefficient (Wildman–Crippen LogP) is 3.51. The van der Waals surface area contributed by atoms with Gasteiger partial charge in [-0.05, 0) is 41.9 Å². The van der Waals surface area contributed by atoms with Gasteiger partial charge in [0, 0.05) is 37.3 Å². The molecule has 2 aliphatic rings. The minimum atomic E-state index is -0.271. The Labute approximate surface area is 218 Å². The fourth-order valence-corrected chi connectivity index (χ4v) is 6.25. The molecule has 188 valence electrons. The summed E-state index contributed by atoms with van der Waals surface area (Å²) in [6, 6.07) is 10.1. The first-order valence-corrected chi connectivity index (χ1v) is 12.9. The lowest BCUT2D eigenvalue weighted by Gasteiger charge is -2.42. The summed E-state index contributed by atoms with van der Waals surface area (Å²) in [5.74, 6) is 0.612. The molecule has 1 aliphatic heterocycles. The number of hydrogen-bond acceptors (Lipinski definition) is 10. The van der Waals surface area contributed by atoms with Crippen molar-refractivity contribution in [3.63, 3.8) is 0 Å². The Morgan fingerprint density at radius 1 is 1.19 bits per heavy atom. The molecule has 1 saturated heterocycles. The standard InChI is InChI=1S/C25H28ClN7O2S/c1-35-13-16(34)19-23(32-22(29)24(31-19)36-17-6-9-30-21(28)18(17)26)33-10-7-25(8-11-33)12-14-4-2-3-5-15(14)20(25)27/h2-6,9,20H,7-8,10-13,27H2,1H3,(H2,28,30)(H2,29,32)/t20-/m1/s1. The molecular formula is C25H28ClN7O2S. The molecule has 5 rings (SSSR count). The number of halogens is 1. The number of carbonyl (C=O) groups is 1. The van der Waals surface area contributed by atoms with Gasteiger partial charge in [0.05, 0.1) is 5.02 Å². The first-order valence-electron chi connectivity index (χ1n) is 11.7. The van der Waals surface area contributed by atoms with E-state index in [0.717, 1.165) is 19.3 Å². The van der Waals surface area contributed by atoms with Crippen LogP contribution in [0.4, 0.5) is 17.5 Å². The van der Waals surface area contributed by atoms with E-state index in [1.807, 2.05) is 6.07 Å². The van der Waals surface area contributed by atoms with Gasteiger partial charge >= 0.3 is 0 Å². The van der Waals surface area contributed by atoms with Crippen LogP contribution >= 0.6 is 23.4 Å². The summed E-state index contributed by atoms with van der Waals surface area (Å²) in [5, 5.41) is 0.667. The van der Waals surface area contributed by atoms with Crippen molar-refractivity contribution >= 4 is 46.6 Å². The molecule has 0 unspecified atom stereocenters. The Bertz CT molecular complexity index is 1310. The van der Waals surface area contributed by atoms with Crippen LogP contribution in [0.3, 0.4) is 0 Å². The zero-order valence-corrected chi connectivity index (χ0v) is 21.5. The van der Waals surface area contributed by atoms with Crippen molar-refractivity contribution in [2.45, 2.75) is 35.2 Å². The van der Waals surface area contributed by atoms with Gasteiger partial charge in [-0.3, -0.25) is 4.79 Å². The van der Waals surface area contributed by atoms with Crippen LogP contribution in [0.5, 0.6) is 0 Å². The monoisotopic (exact) mass is 525 g/mol.